The number of nitrogens with zero attached hydrogens (tertiary/aromatic N) is 1. The lowest BCUT2D eigenvalue weighted by molar-refractivity contribution is -0.137. The van der Waals surface area contributed by atoms with E-state index < -0.39 is 0 Å². The van der Waals surface area contributed by atoms with E-state index in [1.54, 1.807) is 0 Å². The average Bonchev–Trinajstić information content (AvgIpc) is 2.96. The van der Waals surface area contributed by atoms with Crippen LogP contribution in [0.1, 0.15) is 39.0 Å². The Labute approximate surface area is 116 Å². The molecule has 2 fully saturated rings. The zero-order valence-corrected chi connectivity index (χ0v) is 12.0. The van der Waals surface area contributed by atoms with Crippen molar-refractivity contribution in [2.45, 2.75) is 45.1 Å². The Morgan fingerprint density at radius 2 is 2.11 bits per heavy atom. The summed E-state index contributed by atoms with van der Waals surface area (Å²) >= 11 is 0. The van der Waals surface area contributed by atoms with Gasteiger partial charge in [0.25, 0.3) is 0 Å². The quantitative estimate of drug-likeness (QED) is 0.848. The Morgan fingerprint density at radius 3 is 2.67 bits per heavy atom. The van der Waals surface area contributed by atoms with Gasteiger partial charge >= 0.3 is 0 Å². The van der Waals surface area contributed by atoms with E-state index in [1.807, 2.05) is 4.90 Å². The molecule has 5 heteroatoms. The zero-order valence-electron chi connectivity index (χ0n) is 11.2. The Hall–Kier alpha value is -0.320. The van der Waals surface area contributed by atoms with Gasteiger partial charge in [0.1, 0.15) is 6.61 Å². The van der Waals surface area contributed by atoms with Crippen LogP contribution in [-0.4, -0.2) is 43.2 Å². The lowest BCUT2D eigenvalue weighted by Gasteiger charge is -2.23. The molecule has 1 atom stereocenters. The van der Waals surface area contributed by atoms with Crippen molar-refractivity contribution < 1.29 is 9.53 Å². The number of hydrogen-bond acceptors (Lipinski definition) is 3. The number of amides is 1. The first-order valence-corrected chi connectivity index (χ1v) is 6.72. The highest BCUT2D eigenvalue weighted by atomic mass is 35.5. The standard InChI is InChI=1S/C13H24N2O2.ClH/c1-13(9-14)6-7-15(10-13)12(16)8-17-11-4-2-3-5-11;/h11H,2-10,14H2,1H3;1H. The van der Waals surface area contributed by atoms with Crippen molar-refractivity contribution in [1.29, 1.82) is 0 Å². The predicted molar refractivity (Wildman–Crippen MR) is 73.8 cm³/mol. The molecule has 4 nitrogen and oxygen atoms in total. The molecule has 1 aliphatic heterocycles. The van der Waals surface area contributed by atoms with Gasteiger partial charge in [-0.3, -0.25) is 4.79 Å². The molecule has 0 bridgehead atoms. The van der Waals surface area contributed by atoms with E-state index in [1.165, 1.54) is 12.8 Å². The maximum atomic E-state index is 12.0. The SMILES string of the molecule is CC1(CN)CCN(C(=O)COC2CCCC2)C1.Cl. The molecular weight excluding hydrogens is 252 g/mol. The lowest BCUT2D eigenvalue weighted by atomic mass is 9.90. The Balaban J connectivity index is 0.00000162. The van der Waals surface area contributed by atoms with Gasteiger partial charge in [-0.15, -0.1) is 12.4 Å². The summed E-state index contributed by atoms with van der Waals surface area (Å²) in [4.78, 5) is 13.9. The highest BCUT2D eigenvalue weighted by Crippen LogP contribution is 2.28. The summed E-state index contributed by atoms with van der Waals surface area (Å²) in [7, 11) is 0. The van der Waals surface area contributed by atoms with E-state index in [9.17, 15) is 4.79 Å². The summed E-state index contributed by atoms with van der Waals surface area (Å²) in [6, 6.07) is 0. The molecule has 0 spiro atoms. The van der Waals surface area contributed by atoms with Crippen LogP contribution in [-0.2, 0) is 9.53 Å². The zero-order chi connectivity index (χ0) is 12.3. The maximum Gasteiger partial charge on any atom is 0.248 e. The maximum absolute atomic E-state index is 12.0. The number of rotatable bonds is 4. The molecule has 0 aromatic carbocycles. The van der Waals surface area contributed by atoms with Gasteiger partial charge in [0.05, 0.1) is 6.10 Å². The van der Waals surface area contributed by atoms with Gasteiger partial charge in [0.2, 0.25) is 5.91 Å². The second-order valence-electron chi connectivity index (χ2n) is 5.80. The van der Waals surface area contributed by atoms with Crippen LogP contribution in [0.5, 0.6) is 0 Å². The van der Waals surface area contributed by atoms with E-state index in [-0.39, 0.29) is 30.3 Å². The second-order valence-corrected chi connectivity index (χ2v) is 5.80. The molecule has 1 heterocycles. The molecule has 18 heavy (non-hydrogen) atoms. The van der Waals surface area contributed by atoms with Crippen LogP contribution in [0.3, 0.4) is 0 Å². The average molecular weight is 277 g/mol. The Morgan fingerprint density at radius 1 is 1.44 bits per heavy atom. The minimum absolute atomic E-state index is 0. The Kier molecular flexibility index (Phi) is 5.89. The molecule has 1 unspecified atom stereocenters. The van der Waals surface area contributed by atoms with Gasteiger partial charge in [0, 0.05) is 13.1 Å². The van der Waals surface area contributed by atoms with Gasteiger partial charge in [-0.2, -0.15) is 0 Å². The van der Waals surface area contributed by atoms with Crippen molar-refractivity contribution in [2.24, 2.45) is 11.1 Å². The number of hydrogen-bond donors (Lipinski definition) is 1. The second kappa shape index (κ2) is 6.73. The topological polar surface area (TPSA) is 55.6 Å². The molecular formula is C13H25ClN2O2. The van der Waals surface area contributed by atoms with Crippen molar-refractivity contribution in [3.63, 3.8) is 0 Å². The highest BCUT2D eigenvalue weighted by molar-refractivity contribution is 5.85. The molecule has 0 aromatic heterocycles. The van der Waals surface area contributed by atoms with Crippen molar-refractivity contribution in [1.82, 2.24) is 4.90 Å². The van der Waals surface area contributed by atoms with Crippen LogP contribution in [0.4, 0.5) is 0 Å². The molecule has 1 saturated carbocycles. The summed E-state index contributed by atoms with van der Waals surface area (Å²) in [5.41, 5.74) is 5.85. The molecule has 0 aromatic rings. The molecule has 1 aliphatic carbocycles. The van der Waals surface area contributed by atoms with Crippen LogP contribution >= 0.6 is 12.4 Å². The monoisotopic (exact) mass is 276 g/mol. The number of ether oxygens (including phenoxy) is 1. The molecule has 0 radical (unpaired) electrons. The molecule has 1 saturated heterocycles. The smallest absolute Gasteiger partial charge is 0.248 e. The number of carbonyl (C=O) groups is 1. The van der Waals surface area contributed by atoms with Gasteiger partial charge in [-0.05, 0) is 31.2 Å². The van der Waals surface area contributed by atoms with Crippen molar-refractivity contribution in [2.75, 3.05) is 26.2 Å². The lowest BCUT2D eigenvalue weighted by Crippen LogP contribution is -2.36. The number of carbonyl (C=O) groups excluding carboxylic acids is 1. The molecule has 2 aliphatic rings. The first kappa shape index (κ1) is 15.7. The van der Waals surface area contributed by atoms with E-state index in [0.29, 0.717) is 12.6 Å². The van der Waals surface area contributed by atoms with Crippen molar-refractivity contribution in [3.05, 3.63) is 0 Å². The normalized spacial score (nSPS) is 28.4. The van der Waals surface area contributed by atoms with Gasteiger partial charge in [-0.1, -0.05) is 19.8 Å². The summed E-state index contributed by atoms with van der Waals surface area (Å²) in [5, 5.41) is 0. The third kappa shape index (κ3) is 3.84. The molecule has 106 valence electrons. The van der Waals surface area contributed by atoms with Crippen molar-refractivity contribution >= 4 is 18.3 Å². The fraction of sp³-hybridized carbons (Fsp3) is 0.923. The first-order chi connectivity index (χ1) is 8.13. The summed E-state index contributed by atoms with van der Waals surface area (Å²) < 4.78 is 5.66. The van der Waals surface area contributed by atoms with E-state index in [2.05, 4.69) is 6.92 Å². The third-order valence-electron chi connectivity index (χ3n) is 4.15. The highest BCUT2D eigenvalue weighted by Gasteiger charge is 2.34. The van der Waals surface area contributed by atoms with Crippen LogP contribution in [0.2, 0.25) is 0 Å². The largest absolute Gasteiger partial charge is 0.368 e. The predicted octanol–water partition coefficient (Wildman–Crippen LogP) is 1.56. The van der Waals surface area contributed by atoms with Gasteiger partial charge < -0.3 is 15.4 Å². The third-order valence-corrected chi connectivity index (χ3v) is 4.15. The number of halogens is 1. The van der Waals surface area contributed by atoms with Crippen LogP contribution in [0.15, 0.2) is 0 Å². The molecule has 2 N–H and O–H groups in total. The van der Waals surface area contributed by atoms with E-state index in [4.69, 9.17) is 10.5 Å². The molecule has 1 amide bonds. The number of likely N-dealkylation sites (tertiary alicyclic amines) is 1. The minimum Gasteiger partial charge on any atom is -0.368 e. The van der Waals surface area contributed by atoms with Gasteiger partial charge in [0.15, 0.2) is 0 Å². The van der Waals surface area contributed by atoms with Gasteiger partial charge in [-0.25, -0.2) is 0 Å². The van der Waals surface area contributed by atoms with E-state index >= 15 is 0 Å². The fourth-order valence-electron chi connectivity index (χ4n) is 2.74. The fourth-order valence-corrected chi connectivity index (χ4v) is 2.74. The van der Waals surface area contributed by atoms with Crippen LogP contribution < -0.4 is 5.73 Å². The van der Waals surface area contributed by atoms with Crippen LogP contribution in [0.25, 0.3) is 0 Å². The van der Waals surface area contributed by atoms with Crippen LogP contribution in [0, 0.1) is 5.41 Å². The summed E-state index contributed by atoms with van der Waals surface area (Å²) in [6.07, 6.45) is 6.06. The van der Waals surface area contributed by atoms with E-state index in [0.717, 1.165) is 32.4 Å². The van der Waals surface area contributed by atoms with Crippen molar-refractivity contribution in [3.8, 4) is 0 Å². The summed E-state index contributed by atoms with van der Waals surface area (Å²) in [6.45, 7) is 4.68. The summed E-state index contributed by atoms with van der Waals surface area (Å²) in [5.74, 6) is 0.133. The minimum atomic E-state index is 0. The Bertz CT molecular complexity index is 282. The molecule has 2 rings (SSSR count). The number of nitrogens with two attached hydrogens (primary N) is 1. The first-order valence-electron chi connectivity index (χ1n) is 6.72.